The van der Waals surface area contributed by atoms with Crippen LogP contribution in [0.3, 0.4) is 0 Å². The van der Waals surface area contributed by atoms with Crippen LogP contribution in [0.2, 0.25) is 0 Å². The summed E-state index contributed by atoms with van der Waals surface area (Å²) in [6, 6.07) is 4.73. The summed E-state index contributed by atoms with van der Waals surface area (Å²) in [4.78, 5) is 26.2. The average molecular weight is 396 g/mol. The lowest BCUT2D eigenvalue weighted by molar-refractivity contribution is -0.137. The largest absolute Gasteiger partial charge is 0.418 e. The van der Waals surface area contributed by atoms with E-state index >= 15 is 0 Å². The minimum atomic E-state index is -4.58. The zero-order chi connectivity index (χ0) is 21.1. The fourth-order valence-electron chi connectivity index (χ4n) is 2.92. The number of carbonyl (C=O) groups excluding carboxylic acids is 2. The van der Waals surface area contributed by atoms with Crippen LogP contribution in [0.25, 0.3) is 0 Å². The summed E-state index contributed by atoms with van der Waals surface area (Å²) in [5.41, 5.74) is 1.11. The van der Waals surface area contributed by atoms with Crippen LogP contribution in [-0.4, -0.2) is 39.6 Å². The van der Waals surface area contributed by atoms with Crippen LogP contribution < -0.4 is 5.32 Å². The number of nitrogens with one attached hydrogen (secondary N) is 1. The van der Waals surface area contributed by atoms with Gasteiger partial charge in [0.1, 0.15) is 0 Å². The van der Waals surface area contributed by atoms with E-state index in [1.54, 1.807) is 25.6 Å². The van der Waals surface area contributed by atoms with Crippen molar-refractivity contribution in [2.24, 2.45) is 7.05 Å². The molecule has 0 aliphatic heterocycles. The maximum Gasteiger partial charge on any atom is 0.418 e. The molecule has 0 spiro atoms. The van der Waals surface area contributed by atoms with E-state index in [0.717, 1.165) is 23.0 Å². The smallest absolute Gasteiger partial charge is 0.333 e. The number of halogens is 3. The van der Waals surface area contributed by atoms with Gasteiger partial charge in [0.25, 0.3) is 0 Å². The summed E-state index contributed by atoms with van der Waals surface area (Å²) >= 11 is 0. The predicted molar refractivity (Wildman–Crippen MR) is 98.7 cm³/mol. The van der Waals surface area contributed by atoms with Gasteiger partial charge in [-0.15, -0.1) is 0 Å². The van der Waals surface area contributed by atoms with E-state index in [9.17, 15) is 22.8 Å². The summed E-state index contributed by atoms with van der Waals surface area (Å²) in [5.74, 6) is -0.979. The second-order valence-corrected chi connectivity index (χ2v) is 6.45. The quantitative estimate of drug-likeness (QED) is 0.816. The molecule has 1 N–H and O–H groups in total. The number of likely N-dealkylation sites (N-methyl/N-ethyl adjacent to an activating group) is 1. The van der Waals surface area contributed by atoms with Crippen molar-refractivity contribution in [3.8, 4) is 0 Å². The van der Waals surface area contributed by atoms with Crippen LogP contribution in [0.4, 0.5) is 18.9 Å². The van der Waals surface area contributed by atoms with Crippen molar-refractivity contribution >= 4 is 17.5 Å². The Hall–Kier alpha value is -2.84. The molecule has 6 nitrogen and oxygen atoms in total. The van der Waals surface area contributed by atoms with E-state index in [4.69, 9.17) is 0 Å². The third-order valence-electron chi connectivity index (χ3n) is 4.56. The van der Waals surface area contributed by atoms with Gasteiger partial charge in [-0.1, -0.05) is 12.1 Å². The molecule has 1 heterocycles. The molecule has 0 aliphatic rings. The third kappa shape index (κ3) is 4.90. The SMILES string of the molecule is CCN(CC(=O)Nc1ccccc1C(F)(F)F)C(=O)Cc1c(C)nn(C)c1C. The number of para-hydroxylation sites is 1. The lowest BCUT2D eigenvalue weighted by atomic mass is 10.1. The molecule has 0 aliphatic carbocycles. The van der Waals surface area contributed by atoms with Gasteiger partial charge >= 0.3 is 6.18 Å². The number of aryl methyl sites for hydroxylation is 2. The number of hydrogen-bond donors (Lipinski definition) is 1. The zero-order valence-corrected chi connectivity index (χ0v) is 16.2. The van der Waals surface area contributed by atoms with Crippen LogP contribution in [0.15, 0.2) is 24.3 Å². The van der Waals surface area contributed by atoms with Crippen LogP contribution in [-0.2, 0) is 29.2 Å². The van der Waals surface area contributed by atoms with Gasteiger partial charge in [0.15, 0.2) is 0 Å². The predicted octanol–water partition coefficient (Wildman–Crippen LogP) is 3.09. The van der Waals surface area contributed by atoms with E-state index in [2.05, 4.69) is 10.4 Å². The highest BCUT2D eigenvalue weighted by Crippen LogP contribution is 2.34. The Bertz CT molecular complexity index is 875. The van der Waals surface area contributed by atoms with Crippen molar-refractivity contribution in [1.29, 1.82) is 0 Å². The van der Waals surface area contributed by atoms with Crippen LogP contribution >= 0.6 is 0 Å². The van der Waals surface area contributed by atoms with Crippen LogP contribution in [0.1, 0.15) is 29.4 Å². The Morgan fingerprint density at radius 3 is 2.39 bits per heavy atom. The number of nitrogens with zero attached hydrogens (tertiary/aromatic N) is 3. The molecule has 2 amide bonds. The van der Waals surface area contributed by atoms with Gasteiger partial charge in [-0.25, -0.2) is 0 Å². The molecule has 0 saturated carbocycles. The number of benzene rings is 1. The van der Waals surface area contributed by atoms with Gasteiger partial charge in [0.2, 0.25) is 11.8 Å². The topological polar surface area (TPSA) is 67.2 Å². The molecule has 0 fully saturated rings. The fraction of sp³-hybridized carbons (Fsp3) is 0.421. The maximum atomic E-state index is 13.1. The summed E-state index contributed by atoms with van der Waals surface area (Å²) in [6.07, 6.45) is -4.51. The number of anilines is 1. The molecule has 0 radical (unpaired) electrons. The molecule has 0 saturated heterocycles. The first-order valence-electron chi connectivity index (χ1n) is 8.77. The molecule has 2 aromatic rings. The molecule has 9 heteroatoms. The van der Waals surface area contributed by atoms with Gasteiger partial charge in [-0.05, 0) is 32.9 Å². The van der Waals surface area contributed by atoms with E-state index in [1.165, 1.54) is 23.1 Å². The molecule has 0 bridgehead atoms. The van der Waals surface area contributed by atoms with Crippen molar-refractivity contribution in [3.63, 3.8) is 0 Å². The van der Waals surface area contributed by atoms with E-state index < -0.39 is 17.6 Å². The summed E-state index contributed by atoms with van der Waals surface area (Å²) < 4.78 is 40.8. The Morgan fingerprint density at radius 2 is 1.86 bits per heavy atom. The maximum absolute atomic E-state index is 13.1. The van der Waals surface area contributed by atoms with Gasteiger partial charge in [0.05, 0.1) is 29.9 Å². The van der Waals surface area contributed by atoms with Crippen LogP contribution in [0.5, 0.6) is 0 Å². The number of carbonyl (C=O) groups is 2. The zero-order valence-electron chi connectivity index (χ0n) is 16.2. The Morgan fingerprint density at radius 1 is 1.21 bits per heavy atom. The Kier molecular flexibility index (Phi) is 6.48. The number of hydrogen-bond acceptors (Lipinski definition) is 3. The molecule has 1 aromatic heterocycles. The van der Waals surface area contributed by atoms with Crippen molar-refractivity contribution in [3.05, 3.63) is 46.8 Å². The number of alkyl halides is 3. The molecular weight excluding hydrogens is 373 g/mol. The first kappa shape index (κ1) is 21.5. The van der Waals surface area contributed by atoms with Crippen molar-refractivity contribution in [2.45, 2.75) is 33.4 Å². The lowest BCUT2D eigenvalue weighted by Gasteiger charge is -2.21. The van der Waals surface area contributed by atoms with Gasteiger partial charge < -0.3 is 10.2 Å². The number of rotatable bonds is 6. The molecule has 0 atom stereocenters. The fourth-order valence-corrected chi connectivity index (χ4v) is 2.92. The molecule has 28 heavy (non-hydrogen) atoms. The van der Waals surface area contributed by atoms with Crippen molar-refractivity contribution < 1.29 is 22.8 Å². The summed E-state index contributed by atoms with van der Waals surface area (Å²) in [6.45, 7) is 5.27. The highest BCUT2D eigenvalue weighted by molar-refractivity contribution is 5.95. The molecule has 1 aromatic carbocycles. The lowest BCUT2D eigenvalue weighted by Crippen LogP contribution is -2.39. The molecule has 0 unspecified atom stereocenters. The minimum Gasteiger partial charge on any atom is -0.333 e. The summed E-state index contributed by atoms with van der Waals surface area (Å²) in [7, 11) is 1.78. The number of aromatic nitrogens is 2. The Balaban J connectivity index is 2.08. The molecule has 2 rings (SSSR count). The number of amides is 2. The Labute approximate surface area is 161 Å². The van der Waals surface area contributed by atoms with Crippen LogP contribution in [0, 0.1) is 13.8 Å². The monoisotopic (exact) mass is 396 g/mol. The molecular formula is C19H23F3N4O2. The highest BCUT2D eigenvalue weighted by Gasteiger charge is 2.33. The second kappa shape index (κ2) is 8.45. The van der Waals surface area contributed by atoms with E-state index in [0.29, 0.717) is 0 Å². The first-order valence-corrected chi connectivity index (χ1v) is 8.77. The minimum absolute atomic E-state index is 0.0752. The normalized spacial score (nSPS) is 11.4. The highest BCUT2D eigenvalue weighted by atomic mass is 19.4. The van der Waals surface area contributed by atoms with Gasteiger partial charge in [-0.2, -0.15) is 18.3 Å². The van der Waals surface area contributed by atoms with E-state index in [1.807, 2.05) is 6.92 Å². The van der Waals surface area contributed by atoms with Gasteiger partial charge in [-0.3, -0.25) is 14.3 Å². The van der Waals surface area contributed by atoms with E-state index in [-0.39, 0.29) is 31.1 Å². The average Bonchev–Trinajstić information content (AvgIpc) is 2.85. The molecule has 152 valence electrons. The van der Waals surface area contributed by atoms with Crippen molar-refractivity contribution in [2.75, 3.05) is 18.4 Å². The second-order valence-electron chi connectivity index (χ2n) is 6.45. The van der Waals surface area contributed by atoms with Crippen molar-refractivity contribution in [1.82, 2.24) is 14.7 Å². The first-order chi connectivity index (χ1) is 13.0. The third-order valence-corrected chi connectivity index (χ3v) is 4.56. The standard InChI is InChI=1S/C19H23F3N4O2/c1-5-26(18(28)10-14-12(2)24-25(4)13(14)3)11-17(27)23-16-9-7-6-8-15(16)19(20,21)22/h6-9H,5,10-11H2,1-4H3,(H,23,27). The summed E-state index contributed by atoms with van der Waals surface area (Å²) in [5, 5.41) is 6.52. The van der Waals surface area contributed by atoms with Gasteiger partial charge in [0, 0.05) is 24.8 Å².